The number of imidazole rings is 1. The molecule has 2 rings (SSSR count). The number of rotatable bonds is 8. The summed E-state index contributed by atoms with van der Waals surface area (Å²) in [4.78, 5) is 4.51. The first-order chi connectivity index (χ1) is 10.7. The van der Waals surface area contributed by atoms with Crippen molar-refractivity contribution in [1.29, 1.82) is 0 Å². The second-order valence-corrected chi connectivity index (χ2v) is 5.45. The van der Waals surface area contributed by atoms with E-state index in [0.29, 0.717) is 6.04 Å². The van der Waals surface area contributed by atoms with E-state index in [1.54, 1.807) is 14.2 Å². The number of benzene rings is 1. The molecule has 0 fully saturated rings. The molecule has 2 atom stereocenters. The summed E-state index contributed by atoms with van der Waals surface area (Å²) in [6.07, 6.45) is 4.74. The van der Waals surface area contributed by atoms with E-state index in [1.807, 2.05) is 36.1 Å². The zero-order chi connectivity index (χ0) is 15.9. The van der Waals surface area contributed by atoms with E-state index in [4.69, 9.17) is 9.47 Å². The zero-order valence-corrected chi connectivity index (χ0v) is 13.7. The Kier molecular flexibility index (Phi) is 5.98. The third-order valence-corrected chi connectivity index (χ3v) is 3.77. The number of hydrogen-bond acceptors (Lipinski definition) is 4. The number of hydrogen-bond donors (Lipinski definition) is 1. The molecular weight excluding hydrogens is 278 g/mol. The molecule has 0 amide bonds. The second-order valence-electron chi connectivity index (χ2n) is 5.45. The molecule has 0 saturated heterocycles. The third-order valence-electron chi connectivity index (χ3n) is 3.77. The first kappa shape index (κ1) is 16.5. The largest absolute Gasteiger partial charge is 0.497 e. The smallest absolute Gasteiger partial charge is 0.130 e. The van der Waals surface area contributed by atoms with Crippen molar-refractivity contribution in [2.24, 2.45) is 7.05 Å². The minimum absolute atomic E-state index is 0.0396. The highest BCUT2D eigenvalue weighted by molar-refractivity contribution is 5.32. The van der Waals surface area contributed by atoms with Crippen molar-refractivity contribution in [2.45, 2.75) is 25.4 Å². The van der Waals surface area contributed by atoms with Crippen LogP contribution in [0.25, 0.3) is 0 Å². The van der Waals surface area contributed by atoms with Crippen LogP contribution in [-0.4, -0.2) is 36.4 Å². The highest BCUT2D eigenvalue weighted by atomic mass is 16.5. The predicted molar refractivity (Wildman–Crippen MR) is 87.1 cm³/mol. The van der Waals surface area contributed by atoms with Gasteiger partial charge in [0.05, 0.1) is 13.2 Å². The lowest BCUT2D eigenvalue weighted by atomic mass is 10.0. The van der Waals surface area contributed by atoms with Crippen molar-refractivity contribution in [3.8, 4) is 5.75 Å². The zero-order valence-electron chi connectivity index (χ0n) is 13.7. The molecule has 0 saturated carbocycles. The van der Waals surface area contributed by atoms with Crippen LogP contribution in [0.3, 0.4) is 0 Å². The Morgan fingerprint density at radius 1 is 1.23 bits per heavy atom. The lowest BCUT2D eigenvalue weighted by Crippen LogP contribution is -2.33. The van der Waals surface area contributed by atoms with Crippen molar-refractivity contribution in [3.05, 3.63) is 48.0 Å². The Balaban J connectivity index is 2.23. The topological polar surface area (TPSA) is 48.3 Å². The summed E-state index contributed by atoms with van der Waals surface area (Å²) in [6, 6.07) is 8.48. The third kappa shape index (κ3) is 4.08. The normalized spacial score (nSPS) is 13.8. The van der Waals surface area contributed by atoms with Crippen LogP contribution >= 0.6 is 0 Å². The maximum absolute atomic E-state index is 5.24. The van der Waals surface area contributed by atoms with Gasteiger partial charge in [-0.25, -0.2) is 4.98 Å². The maximum atomic E-state index is 5.24. The Morgan fingerprint density at radius 3 is 2.50 bits per heavy atom. The number of methoxy groups -OCH3 is 2. The van der Waals surface area contributed by atoms with E-state index in [9.17, 15) is 0 Å². The first-order valence-corrected chi connectivity index (χ1v) is 7.52. The van der Waals surface area contributed by atoms with E-state index in [2.05, 4.69) is 29.4 Å². The van der Waals surface area contributed by atoms with Crippen LogP contribution in [0, 0.1) is 0 Å². The number of ether oxygens (including phenoxy) is 2. The number of nitrogens with one attached hydrogen (secondary N) is 1. The van der Waals surface area contributed by atoms with Gasteiger partial charge in [0.1, 0.15) is 11.6 Å². The van der Waals surface area contributed by atoms with Crippen LogP contribution in [0.5, 0.6) is 5.75 Å². The van der Waals surface area contributed by atoms with Crippen LogP contribution in [0.15, 0.2) is 36.7 Å². The van der Waals surface area contributed by atoms with Crippen LogP contribution in [0.1, 0.15) is 30.8 Å². The number of aromatic nitrogens is 2. The minimum atomic E-state index is 0.0396. The van der Waals surface area contributed by atoms with Gasteiger partial charge in [-0.2, -0.15) is 0 Å². The highest BCUT2D eigenvalue weighted by Crippen LogP contribution is 2.23. The summed E-state index contributed by atoms with van der Waals surface area (Å²) in [5.74, 6) is 1.85. The van der Waals surface area contributed by atoms with Crippen LogP contribution in [0.4, 0.5) is 0 Å². The van der Waals surface area contributed by atoms with E-state index < -0.39 is 0 Å². The molecular formula is C17H25N3O2. The standard InChI is InChI=1S/C17H25N3O2/c1-13(9-12-21-3)19-16(17-18-10-11-20(17)2)14-5-7-15(22-4)8-6-14/h5-8,10-11,13,16,19H,9,12H2,1-4H3. The molecule has 2 unspecified atom stereocenters. The SMILES string of the molecule is COCCC(C)NC(c1ccc(OC)cc1)c1nccn1C. The van der Waals surface area contributed by atoms with Gasteiger partial charge < -0.3 is 19.4 Å². The Bertz CT molecular complexity index is 566. The molecule has 0 aliphatic rings. The fourth-order valence-electron chi connectivity index (χ4n) is 2.43. The average Bonchev–Trinajstić information content (AvgIpc) is 2.96. The summed E-state index contributed by atoms with van der Waals surface area (Å²) >= 11 is 0. The second kappa shape index (κ2) is 7.96. The van der Waals surface area contributed by atoms with Crippen molar-refractivity contribution in [2.75, 3.05) is 20.8 Å². The van der Waals surface area contributed by atoms with Crippen LogP contribution in [0.2, 0.25) is 0 Å². The molecule has 1 aromatic heterocycles. The van der Waals surface area contributed by atoms with Gasteiger partial charge in [-0.05, 0) is 31.0 Å². The molecule has 0 aliphatic heterocycles. The summed E-state index contributed by atoms with van der Waals surface area (Å²) in [6.45, 7) is 2.91. The van der Waals surface area contributed by atoms with Crippen molar-refractivity contribution < 1.29 is 9.47 Å². The van der Waals surface area contributed by atoms with Crippen molar-refractivity contribution >= 4 is 0 Å². The molecule has 0 aliphatic carbocycles. The Morgan fingerprint density at radius 2 is 1.95 bits per heavy atom. The number of aryl methyl sites for hydroxylation is 1. The van der Waals surface area contributed by atoms with Gasteiger partial charge in [0.2, 0.25) is 0 Å². The van der Waals surface area contributed by atoms with E-state index in [-0.39, 0.29) is 6.04 Å². The molecule has 22 heavy (non-hydrogen) atoms. The van der Waals surface area contributed by atoms with Gasteiger partial charge in [0.25, 0.3) is 0 Å². The van der Waals surface area contributed by atoms with Crippen molar-refractivity contribution in [1.82, 2.24) is 14.9 Å². The van der Waals surface area contributed by atoms with Gasteiger partial charge in [0.15, 0.2) is 0 Å². The van der Waals surface area contributed by atoms with Gasteiger partial charge in [0, 0.05) is 39.2 Å². The maximum Gasteiger partial charge on any atom is 0.130 e. The first-order valence-electron chi connectivity index (χ1n) is 7.52. The van der Waals surface area contributed by atoms with Gasteiger partial charge in [-0.1, -0.05) is 12.1 Å². The number of nitrogens with zero attached hydrogens (tertiary/aromatic N) is 2. The molecule has 1 N–H and O–H groups in total. The van der Waals surface area contributed by atoms with Gasteiger partial charge in [-0.3, -0.25) is 0 Å². The molecule has 5 nitrogen and oxygen atoms in total. The van der Waals surface area contributed by atoms with E-state index in [1.165, 1.54) is 5.56 Å². The van der Waals surface area contributed by atoms with Crippen LogP contribution in [-0.2, 0) is 11.8 Å². The lowest BCUT2D eigenvalue weighted by Gasteiger charge is -2.23. The lowest BCUT2D eigenvalue weighted by molar-refractivity contribution is 0.183. The molecule has 2 aromatic rings. The quantitative estimate of drug-likeness (QED) is 0.814. The summed E-state index contributed by atoms with van der Waals surface area (Å²) in [5, 5.41) is 3.64. The van der Waals surface area contributed by atoms with Gasteiger partial charge >= 0.3 is 0 Å². The fraction of sp³-hybridized carbons (Fsp3) is 0.471. The van der Waals surface area contributed by atoms with Crippen LogP contribution < -0.4 is 10.1 Å². The minimum Gasteiger partial charge on any atom is -0.497 e. The summed E-state index contributed by atoms with van der Waals surface area (Å²) in [5.41, 5.74) is 1.17. The molecule has 1 aromatic carbocycles. The molecule has 0 spiro atoms. The Labute approximate surface area is 132 Å². The van der Waals surface area contributed by atoms with E-state index >= 15 is 0 Å². The highest BCUT2D eigenvalue weighted by Gasteiger charge is 2.20. The van der Waals surface area contributed by atoms with E-state index in [0.717, 1.165) is 24.6 Å². The predicted octanol–water partition coefficient (Wildman–Crippen LogP) is 2.53. The molecule has 0 radical (unpaired) electrons. The molecule has 1 heterocycles. The summed E-state index contributed by atoms with van der Waals surface area (Å²) < 4.78 is 12.5. The Hall–Kier alpha value is -1.85. The summed E-state index contributed by atoms with van der Waals surface area (Å²) in [7, 11) is 5.42. The molecule has 0 bridgehead atoms. The molecule has 120 valence electrons. The average molecular weight is 303 g/mol. The van der Waals surface area contributed by atoms with Gasteiger partial charge in [-0.15, -0.1) is 0 Å². The monoisotopic (exact) mass is 303 g/mol. The fourth-order valence-corrected chi connectivity index (χ4v) is 2.43. The molecule has 5 heteroatoms. The van der Waals surface area contributed by atoms with Crippen molar-refractivity contribution in [3.63, 3.8) is 0 Å².